The highest BCUT2D eigenvalue weighted by Crippen LogP contribution is 2.31. The zero-order valence-electron chi connectivity index (χ0n) is 19.3. The van der Waals surface area contributed by atoms with Gasteiger partial charge in [-0.1, -0.05) is 44.3 Å². The molecular formula is C26H35F2N3S. The fourth-order valence-electron chi connectivity index (χ4n) is 4.63. The summed E-state index contributed by atoms with van der Waals surface area (Å²) >= 11 is 5.23. The summed E-state index contributed by atoms with van der Waals surface area (Å²) < 4.78 is 27.3. The van der Waals surface area contributed by atoms with Crippen LogP contribution in [-0.2, 0) is 19.3 Å². The van der Waals surface area contributed by atoms with E-state index in [4.69, 9.17) is 18.0 Å². The van der Waals surface area contributed by atoms with Crippen molar-refractivity contribution in [1.29, 1.82) is 0 Å². The van der Waals surface area contributed by atoms with Crippen LogP contribution in [-0.4, -0.2) is 23.6 Å². The molecule has 1 aliphatic carbocycles. The summed E-state index contributed by atoms with van der Waals surface area (Å²) in [5.41, 5.74) is 11.3. The fraction of sp³-hybridized carbons (Fsp3) is 0.500. The zero-order chi connectivity index (χ0) is 23.3. The molecule has 6 heteroatoms. The Bertz CT molecular complexity index is 911. The standard InChI is InChI=1S/C26H35F2N3S/c1-16(2)9-18-7-8-20-5-4-6-25(23(20)12-18)30-15-24(29)26(31-17(3)32)13-19-10-21(27)14-22(28)11-19/h7-8,10-12,14,16,24-26,30H,4-6,9,13,15,29H2,1-3H3,(H,31,32)/t24-,25-,26?/m1/s1. The number of aryl methyl sites for hydroxylation is 1. The van der Waals surface area contributed by atoms with Gasteiger partial charge in [0.15, 0.2) is 0 Å². The predicted octanol–water partition coefficient (Wildman–Crippen LogP) is 5.01. The summed E-state index contributed by atoms with van der Waals surface area (Å²) in [6, 6.07) is 10.2. The monoisotopic (exact) mass is 459 g/mol. The summed E-state index contributed by atoms with van der Waals surface area (Å²) in [5, 5.41) is 6.89. The third-order valence-electron chi connectivity index (χ3n) is 6.05. The number of benzene rings is 2. The minimum atomic E-state index is -0.583. The third kappa shape index (κ3) is 7.06. The van der Waals surface area contributed by atoms with Crippen molar-refractivity contribution in [2.45, 2.75) is 71.0 Å². The van der Waals surface area contributed by atoms with Crippen LogP contribution in [0.3, 0.4) is 0 Å². The molecular weight excluding hydrogens is 424 g/mol. The lowest BCUT2D eigenvalue weighted by Crippen LogP contribution is -2.53. The molecule has 3 rings (SSSR count). The van der Waals surface area contributed by atoms with Crippen molar-refractivity contribution in [2.75, 3.05) is 6.54 Å². The first kappa shape index (κ1) is 24.7. The van der Waals surface area contributed by atoms with Gasteiger partial charge in [-0.15, -0.1) is 0 Å². The maximum atomic E-state index is 13.7. The summed E-state index contributed by atoms with van der Waals surface area (Å²) in [5.74, 6) is -0.546. The van der Waals surface area contributed by atoms with Gasteiger partial charge in [0.05, 0.1) is 4.99 Å². The Hall–Kier alpha value is -1.89. The van der Waals surface area contributed by atoms with E-state index in [1.54, 1.807) is 6.92 Å². The van der Waals surface area contributed by atoms with E-state index in [-0.39, 0.29) is 18.1 Å². The molecule has 2 aromatic carbocycles. The van der Waals surface area contributed by atoms with Crippen molar-refractivity contribution in [3.63, 3.8) is 0 Å². The lowest BCUT2D eigenvalue weighted by atomic mass is 9.85. The first-order valence-corrected chi connectivity index (χ1v) is 11.9. The van der Waals surface area contributed by atoms with E-state index < -0.39 is 11.6 Å². The average molecular weight is 460 g/mol. The molecule has 0 bridgehead atoms. The van der Waals surface area contributed by atoms with E-state index in [1.807, 2.05) is 0 Å². The molecule has 0 spiro atoms. The Morgan fingerprint density at radius 2 is 1.81 bits per heavy atom. The van der Waals surface area contributed by atoms with Crippen LogP contribution in [0.15, 0.2) is 36.4 Å². The number of fused-ring (bicyclic) bond motifs is 1. The number of thiocarbonyl (C=S) groups is 1. The summed E-state index contributed by atoms with van der Waals surface area (Å²) in [7, 11) is 0. The number of nitrogens with one attached hydrogen (secondary N) is 2. The van der Waals surface area contributed by atoms with Gasteiger partial charge in [-0.3, -0.25) is 0 Å². The molecule has 0 amide bonds. The molecule has 0 saturated carbocycles. The van der Waals surface area contributed by atoms with Gasteiger partial charge in [0.1, 0.15) is 11.6 Å². The van der Waals surface area contributed by atoms with Crippen molar-refractivity contribution >= 4 is 17.2 Å². The predicted molar refractivity (Wildman–Crippen MR) is 132 cm³/mol. The van der Waals surface area contributed by atoms with Crippen molar-refractivity contribution in [3.05, 3.63) is 70.3 Å². The minimum Gasteiger partial charge on any atom is -0.375 e. The Morgan fingerprint density at radius 3 is 2.47 bits per heavy atom. The normalized spacial score (nSPS) is 17.7. The molecule has 0 radical (unpaired) electrons. The van der Waals surface area contributed by atoms with Crippen LogP contribution in [0.5, 0.6) is 0 Å². The second-order valence-corrected chi connectivity index (χ2v) is 10.0. The molecule has 3 nitrogen and oxygen atoms in total. The molecule has 3 atom stereocenters. The highest BCUT2D eigenvalue weighted by molar-refractivity contribution is 7.80. The molecule has 0 aliphatic heterocycles. The van der Waals surface area contributed by atoms with Crippen LogP contribution in [0, 0.1) is 17.6 Å². The first-order chi connectivity index (χ1) is 15.2. The first-order valence-electron chi connectivity index (χ1n) is 11.5. The number of hydrogen-bond donors (Lipinski definition) is 3. The number of nitrogens with two attached hydrogens (primary N) is 1. The molecule has 32 heavy (non-hydrogen) atoms. The van der Waals surface area contributed by atoms with Crippen LogP contribution >= 0.6 is 12.2 Å². The topological polar surface area (TPSA) is 50.1 Å². The van der Waals surface area contributed by atoms with Crippen LogP contribution < -0.4 is 16.4 Å². The summed E-state index contributed by atoms with van der Waals surface area (Å²) in [6.07, 6.45) is 4.80. The summed E-state index contributed by atoms with van der Waals surface area (Å²) in [6.45, 7) is 6.85. The SMILES string of the molecule is CC(=S)NC(Cc1cc(F)cc(F)c1)[C@H](N)CN[C@@H]1CCCc2ccc(CC(C)C)cc21. The molecule has 1 unspecified atom stereocenters. The van der Waals surface area contributed by atoms with Crippen LogP contribution in [0.25, 0.3) is 0 Å². The number of hydrogen-bond acceptors (Lipinski definition) is 3. The molecule has 0 aromatic heterocycles. The fourth-order valence-corrected chi connectivity index (χ4v) is 4.78. The average Bonchev–Trinajstić information content (AvgIpc) is 2.70. The van der Waals surface area contributed by atoms with E-state index in [0.717, 1.165) is 31.7 Å². The number of halogens is 2. The van der Waals surface area contributed by atoms with E-state index in [9.17, 15) is 8.78 Å². The van der Waals surface area contributed by atoms with Crippen molar-refractivity contribution < 1.29 is 8.78 Å². The molecule has 0 fully saturated rings. The van der Waals surface area contributed by atoms with Gasteiger partial charge < -0.3 is 16.4 Å². The molecule has 2 aromatic rings. The van der Waals surface area contributed by atoms with Gasteiger partial charge >= 0.3 is 0 Å². The quantitative estimate of drug-likeness (QED) is 0.462. The van der Waals surface area contributed by atoms with Crippen molar-refractivity contribution in [2.24, 2.45) is 11.7 Å². The Labute approximate surface area is 196 Å². The Balaban J connectivity index is 1.69. The second-order valence-electron chi connectivity index (χ2n) is 9.44. The van der Waals surface area contributed by atoms with Gasteiger partial charge in [0.25, 0.3) is 0 Å². The molecule has 0 saturated heterocycles. The van der Waals surface area contributed by atoms with Gasteiger partial charge in [-0.2, -0.15) is 0 Å². The van der Waals surface area contributed by atoms with E-state index in [1.165, 1.54) is 28.8 Å². The van der Waals surface area contributed by atoms with Gasteiger partial charge in [-0.25, -0.2) is 8.78 Å². The summed E-state index contributed by atoms with van der Waals surface area (Å²) in [4.78, 5) is 0.615. The lowest BCUT2D eigenvalue weighted by molar-refractivity contribution is 0.398. The minimum absolute atomic E-state index is 0.225. The zero-order valence-corrected chi connectivity index (χ0v) is 20.1. The number of rotatable bonds is 9. The Morgan fingerprint density at radius 1 is 1.09 bits per heavy atom. The lowest BCUT2D eigenvalue weighted by Gasteiger charge is -2.31. The molecule has 4 N–H and O–H groups in total. The Kier molecular flexibility index (Phi) is 8.74. The smallest absolute Gasteiger partial charge is 0.126 e. The van der Waals surface area contributed by atoms with E-state index in [0.29, 0.717) is 29.4 Å². The van der Waals surface area contributed by atoms with Gasteiger partial charge in [0.2, 0.25) is 0 Å². The van der Waals surface area contributed by atoms with Crippen LogP contribution in [0.2, 0.25) is 0 Å². The molecule has 1 aliphatic rings. The maximum absolute atomic E-state index is 13.7. The van der Waals surface area contributed by atoms with Gasteiger partial charge in [-0.05, 0) is 79.3 Å². The largest absolute Gasteiger partial charge is 0.375 e. The maximum Gasteiger partial charge on any atom is 0.126 e. The highest BCUT2D eigenvalue weighted by Gasteiger charge is 2.24. The second kappa shape index (κ2) is 11.3. The van der Waals surface area contributed by atoms with Crippen LogP contribution in [0.1, 0.15) is 61.9 Å². The van der Waals surface area contributed by atoms with Crippen molar-refractivity contribution in [3.8, 4) is 0 Å². The molecule has 0 heterocycles. The van der Waals surface area contributed by atoms with Crippen molar-refractivity contribution in [1.82, 2.24) is 10.6 Å². The molecule has 174 valence electrons. The van der Waals surface area contributed by atoms with E-state index >= 15 is 0 Å². The van der Waals surface area contributed by atoms with Crippen LogP contribution in [0.4, 0.5) is 8.78 Å². The van der Waals surface area contributed by atoms with Gasteiger partial charge in [0, 0.05) is 30.7 Å². The third-order valence-corrected chi connectivity index (χ3v) is 6.17. The van der Waals surface area contributed by atoms with E-state index in [2.05, 4.69) is 42.7 Å². The highest BCUT2D eigenvalue weighted by atomic mass is 32.1.